The summed E-state index contributed by atoms with van der Waals surface area (Å²) in [6, 6.07) is 4.60. The third-order valence-corrected chi connectivity index (χ3v) is 2.49. The molecule has 1 aromatic rings. The number of hydrogen-bond acceptors (Lipinski definition) is 2. The second-order valence-electron chi connectivity index (χ2n) is 4.08. The van der Waals surface area contributed by atoms with Crippen LogP contribution in [0.15, 0.2) is 18.2 Å². The first kappa shape index (κ1) is 14.5. The van der Waals surface area contributed by atoms with Gasteiger partial charge in [-0.15, -0.1) is 12.3 Å². The van der Waals surface area contributed by atoms with E-state index in [-0.39, 0.29) is 5.82 Å². The number of ether oxygens (including phenoxy) is 1. The summed E-state index contributed by atoms with van der Waals surface area (Å²) in [6.45, 7) is 4.19. The van der Waals surface area contributed by atoms with Crippen LogP contribution in [-0.2, 0) is 6.54 Å². The number of terminal acetylenes is 1. The van der Waals surface area contributed by atoms with Crippen molar-refractivity contribution in [3.63, 3.8) is 0 Å². The van der Waals surface area contributed by atoms with E-state index in [4.69, 9.17) is 11.2 Å². The lowest BCUT2D eigenvalue weighted by Gasteiger charge is -2.12. The summed E-state index contributed by atoms with van der Waals surface area (Å²) in [4.78, 5) is 0. The summed E-state index contributed by atoms with van der Waals surface area (Å²) in [6.07, 6.45) is 7.74. The number of benzene rings is 1. The normalized spacial score (nSPS) is 10.1. The maximum absolute atomic E-state index is 13.2. The number of hydrogen-bond donors (Lipinski definition) is 1. The van der Waals surface area contributed by atoms with Gasteiger partial charge in [-0.3, -0.25) is 0 Å². The molecule has 98 valence electrons. The Bertz CT molecular complexity index is 398. The SMILES string of the molecule is C#CCCCOc1ccc(F)cc1CNCCC. The zero-order valence-electron chi connectivity index (χ0n) is 10.8. The molecule has 0 aliphatic rings. The van der Waals surface area contributed by atoms with Gasteiger partial charge in [-0.2, -0.15) is 0 Å². The Hall–Kier alpha value is -1.53. The summed E-state index contributed by atoms with van der Waals surface area (Å²) in [7, 11) is 0. The van der Waals surface area contributed by atoms with Crippen molar-refractivity contribution in [2.24, 2.45) is 0 Å². The van der Waals surface area contributed by atoms with Crippen molar-refractivity contribution in [1.82, 2.24) is 5.32 Å². The Morgan fingerprint density at radius 3 is 3.00 bits per heavy atom. The first-order chi connectivity index (χ1) is 8.77. The maximum Gasteiger partial charge on any atom is 0.123 e. The largest absolute Gasteiger partial charge is 0.493 e. The van der Waals surface area contributed by atoms with Crippen LogP contribution in [0.4, 0.5) is 4.39 Å². The molecule has 1 N–H and O–H groups in total. The number of unbranched alkanes of at least 4 members (excludes halogenated alkanes) is 1. The molecule has 1 rings (SSSR count). The lowest BCUT2D eigenvalue weighted by Crippen LogP contribution is -2.15. The third kappa shape index (κ3) is 5.20. The molecule has 0 radical (unpaired) electrons. The average molecular weight is 249 g/mol. The Balaban J connectivity index is 2.56. The van der Waals surface area contributed by atoms with Crippen LogP contribution in [0.1, 0.15) is 31.7 Å². The minimum Gasteiger partial charge on any atom is -0.493 e. The number of halogens is 1. The molecule has 0 heterocycles. The van der Waals surface area contributed by atoms with E-state index in [9.17, 15) is 4.39 Å². The first-order valence-corrected chi connectivity index (χ1v) is 6.33. The highest BCUT2D eigenvalue weighted by atomic mass is 19.1. The van der Waals surface area contributed by atoms with Gasteiger partial charge in [0.25, 0.3) is 0 Å². The minimum atomic E-state index is -0.237. The summed E-state index contributed by atoms with van der Waals surface area (Å²) >= 11 is 0. The van der Waals surface area contributed by atoms with Gasteiger partial charge in [0.1, 0.15) is 11.6 Å². The van der Waals surface area contributed by atoms with Crippen molar-refractivity contribution >= 4 is 0 Å². The Labute approximate surface area is 109 Å². The Morgan fingerprint density at radius 2 is 2.28 bits per heavy atom. The van der Waals surface area contributed by atoms with E-state index in [1.807, 2.05) is 0 Å². The minimum absolute atomic E-state index is 0.237. The van der Waals surface area contributed by atoms with Gasteiger partial charge in [0.15, 0.2) is 0 Å². The zero-order valence-corrected chi connectivity index (χ0v) is 10.8. The fourth-order valence-electron chi connectivity index (χ4n) is 1.58. The van der Waals surface area contributed by atoms with Gasteiger partial charge in [0.05, 0.1) is 6.61 Å². The van der Waals surface area contributed by atoms with Crippen molar-refractivity contribution in [2.75, 3.05) is 13.2 Å². The fraction of sp³-hybridized carbons (Fsp3) is 0.467. The molecule has 0 aliphatic heterocycles. The molecule has 2 nitrogen and oxygen atoms in total. The molecule has 3 heteroatoms. The first-order valence-electron chi connectivity index (χ1n) is 6.33. The van der Waals surface area contributed by atoms with E-state index in [2.05, 4.69) is 18.2 Å². The van der Waals surface area contributed by atoms with Crippen molar-refractivity contribution in [2.45, 2.75) is 32.7 Å². The van der Waals surface area contributed by atoms with E-state index in [0.717, 1.165) is 30.7 Å². The molecule has 0 bridgehead atoms. The van der Waals surface area contributed by atoms with Gasteiger partial charge >= 0.3 is 0 Å². The average Bonchev–Trinajstić information content (AvgIpc) is 2.37. The van der Waals surface area contributed by atoms with Crippen LogP contribution in [0.25, 0.3) is 0 Å². The second kappa shape index (κ2) is 8.54. The number of nitrogens with one attached hydrogen (secondary N) is 1. The van der Waals surface area contributed by atoms with Crippen LogP contribution in [0, 0.1) is 18.2 Å². The quantitative estimate of drug-likeness (QED) is 0.564. The Morgan fingerprint density at radius 1 is 1.44 bits per heavy atom. The van der Waals surface area contributed by atoms with Gasteiger partial charge in [-0.05, 0) is 37.6 Å². The molecular weight excluding hydrogens is 229 g/mol. The monoisotopic (exact) mass is 249 g/mol. The summed E-state index contributed by atoms with van der Waals surface area (Å²) in [5, 5.41) is 3.24. The lowest BCUT2D eigenvalue weighted by atomic mass is 10.2. The topological polar surface area (TPSA) is 21.3 Å². The highest BCUT2D eigenvalue weighted by Crippen LogP contribution is 2.20. The van der Waals surface area contributed by atoms with E-state index < -0.39 is 0 Å². The second-order valence-corrected chi connectivity index (χ2v) is 4.08. The van der Waals surface area contributed by atoms with Crippen molar-refractivity contribution in [3.05, 3.63) is 29.6 Å². The molecule has 0 aromatic heterocycles. The summed E-state index contributed by atoms with van der Waals surface area (Å²) in [5.74, 6) is 3.06. The molecule has 0 amide bonds. The van der Waals surface area contributed by atoms with Crippen molar-refractivity contribution < 1.29 is 9.13 Å². The summed E-state index contributed by atoms with van der Waals surface area (Å²) in [5.41, 5.74) is 0.851. The van der Waals surface area contributed by atoms with Gasteiger partial charge in [-0.25, -0.2) is 4.39 Å². The van der Waals surface area contributed by atoms with E-state index in [1.165, 1.54) is 12.1 Å². The fourth-order valence-corrected chi connectivity index (χ4v) is 1.58. The van der Waals surface area contributed by atoms with Crippen LogP contribution in [0.5, 0.6) is 5.75 Å². The maximum atomic E-state index is 13.2. The third-order valence-electron chi connectivity index (χ3n) is 2.49. The van der Waals surface area contributed by atoms with Crippen LogP contribution in [0.3, 0.4) is 0 Å². The van der Waals surface area contributed by atoms with Crippen molar-refractivity contribution in [3.8, 4) is 18.1 Å². The molecule has 1 aromatic carbocycles. The van der Waals surface area contributed by atoms with Gasteiger partial charge in [0.2, 0.25) is 0 Å². The number of rotatable bonds is 8. The van der Waals surface area contributed by atoms with Gasteiger partial charge in [0, 0.05) is 18.5 Å². The molecule has 0 aliphatic carbocycles. The molecule has 0 saturated heterocycles. The standard InChI is InChI=1S/C15H20FNO/c1-3-5-6-10-18-15-8-7-14(16)11-13(15)12-17-9-4-2/h1,7-8,11,17H,4-6,9-10,12H2,2H3. The van der Waals surface area contributed by atoms with Crippen LogP contribution in [-0.4, -0.2) is 13.2 Å². The van der Waals surface area contributed by atoms with Crippen LogP contribution < -0.4 is 10.1 Å². The smallest absolute Gasteiger partial charge is 0.123 e. The van der Waals surface area contributed by atoms with Crippen LogP contribution >= 0.6 is 0 Å². The zero-order chi connectivity index (χ0) is 13.2. The van der Waals surface area contributed by atoms with Crippen LogP contribution in [0.2, 0.25) is 0 Å². The predicted octanol–water partition coefficient (Wildman–Crippen LogP) is 3.12. The molecule has 0 spiro atoms. The van der Waals surface area contributed by atoms with Gasteiger partial charge < -0.3 is 10.1 Å². The highest BCUT2D eigenvalue weighted by Gasteiger charge is 2.05. The van der Waals surface area contributed by atoms with Crippen molar-refractivity contribution in [1.29, 1.82) is 0 Å². The predicted molar refractivity (Wildman–Crippen MR) is 72.0 cm³/mol. The van der Waals surface area contributed by atoms with E-state index in [1.54, 1.807) is 6.07 Å². The Kier molecular flexibility index (Phi) is 6.90. The van der Waals surface area contributed by atoms with E-state index in [0.29, 0.717) is 19.6 Å². The highest BCUT2D eigenvalue weighted by molar-refractivity contribution is 5.33. The summed E-state index contributed by atoms with van der Waals surface area (Å²) < 4.78 is 18.8. The molecule has 0 unspecified atom stereocenters. The van der Waals surface area contributed by atoms with Gasteiger partial charge in [-0.1, -0.05) is 6.92 Å². The molecule has 0 fully saturated rings. The molecule has 0 saturated carbocycles. The molecular formula is C15H20FNO. The molecule has 18 heavy (non-hydrogen) atoms. The molecule has 0 atom stereocenters. The van der Waals surface area contributed by atoms with E-state index >= 15 is 0 Å². The lowest BCUT2D eigenvalue weighted by molar-refractivity contribution is 0.308.